The minimum absolute atomic E-state index is 0.0631. The summed E-state index contributed by atoms with van der Waals surface area (Å²) in [6.45, 7) is 0.297. The van der Waals surface area contributed by atoms with Gasteiger partial charge in [0, 0.05) is 17.1 Å². The smallest absolute Gasteiger partial charge is 0.225 e. The molecule has 1 unspecified atom stereocenters. The van der Waals surface area contributed by atoms with E-state index in [0.29, 0.717) is 12.4 Å². The van der Waals surface area contributed by atoms with Crippen molar-refractivity contribution in [3.63, 3.8) is 0 Å². The van der Waals surface area contributed by atoms with E-state index in [9.17, 15) is 5.11 Å². The molecule has 1 aromatic carbocycles. The van der Waals surface area contributed by atoms with Crippen molar-refractivity contribution in [1.82, 2.24) is 9.97 Å². The summed E-state index contributed by atoms with van der Waals surface area (Å²) in [7, 11) is 0. The lowest BCUT2D eigenvalue weighted by molar-refractivity contribution is 0.191. The Morgan fingerprint density at radius 3 is 2.53 bits per heavy atom. The molecule has 1 heterocycles. The standard InChI is InChI=1S/C12H10BrCl2N3O/c13-8-3-1-7(2-4-8)9(19)6-16-11-5-10(14)17-12(15)18-11/h1-5,9,19H,6H2,(H,16,17,18). The van der Waals surface area contributed by atoms with Gasteiger partial charge in [-0.25, -0.2) is 9.97 Å². The average Bonchev–Trinajstić information content (AvgIpc) is 2.36. The number of nitrogens with zero attached hydrogens (tertiary/aromatic N) is 2. The molecular formula is C12H10BrCl2N3O. The molecule has 1 atom stereocenters. The van der Waals surface area contributed by atoms with Crippen molar-refractivity contribution in [3.05, 3.63) is 50.8 Å². The molecule has 0 aliphatic rings. The maximum Gasteiger partial charge on any atom is 0.225 e. The third-order valence-electron chi connectivity index (χ3n) is 2.40. The van der Waals surface area contributed by atoms with Gasteiger partial charge in [0.2, 0.25) is 5.28 Å². The van der Waals surface area contributed by atoms with Crippen molar-refractivity contribution in [2.75, 3.05) is 11.9 Å². The minimum Gasteiger partial charge on any atom is -0.387 e. The number of hydrogen-bond donors (Lipinski definition) is 2. The number of rotatable bonds is 4. The Kier molecular flexibility index (Phi) is 4.99. The van der Waals surface area contributed by atoms with E-state index in [1.807, 2.05) is 24.3 Å². The monoisotopic (exact) mass is 361 g/mol. The van der Waals surface area contributed by atoms with Crippen molar-refractivity contribution in [1.29, 1.82) is 0 Å². The molecular weight excluding hydrogens is 353 g/mol. The average molecular weight is 363 g/mol. The van der Waals surface area contributed by atoms with Crippen LogP contribution < -0.4 is 5.32 Å². The maximum absolute atomic E-state index is 10.0. The second kappa shape index (κ2) is 6.52. The molecule has 0 amide bonds. The zero-order chi connectivity index (χ0) is 13.8. The number of benzene rings is 1. The summed E-state index contributed by atoms with van der Waals surface area (Å²) in [5.74, 6) is 0.473. The van der Waals surface area contributed by atoms with Gasteiger partial charge in [-0.2, -0.15) is 0 Å². The first-order valence-electron chi connectivity index (χ1n) is 5.42. The van der Waals surface area contributed by atoms with Crippen molar-refractivity contribution >= 4 is 44.9 Å². The summed E-state index contributed by atoms with van der Waals surface area (Å²) < 4.78 is 0.964. The largest absolute Gasteiger partial charge is 0.387 e. The van der Waals surface area contributed by atoms with E-state index in [2.05, 4.69) is 31.2 Å². The molecule has 4 nitrogen and oxygen atoms in total. The van der Waals surface area contributed by atoms with E-state index in [1.54, 1.807) is 6.07 Å². The van der Waals surface area contributed by atoms with Crippen molar-refractivity contribution in [2.45, 2.75) is 6.10 Å². The predicted molar refractivity (Wildman–Crippen MR) is 79.6 cm³/mol. The van der Waals surface area contributed by atoms with Crippen LogP contribution in [0.25, 0.3) is 0 Å². The van der Waals surface area contributed by atoms with E-state index in [0.717, 1.165) is 10.0 Å². The van der Waals surface area contributed by atoms with Crippen LogP contribution in [-0.4, -0.2) is 21.6 Å². The van der Waals surface area contributed by atoms with Gasteiger partial charge in [0.15, 0.2) is 0 Å². The summed E-state index contributed by atoms with van der Waals surface area (Å²) in [5.41, 5.74) is 0.807. The summed E-state index contributed by atoms with van der Waals surface area (Å²) in [6.07, 6.45) is -0.652. The number of aliphatic hydroxyl groups excluding tert-OH is 1. The van der Waals surface area contributed by atoms with Gasteiger partial charge in [0.25, 0.3) is 0 Å². The van der Waals surface area contributed by atoms with Crippen molar-refractivity contribution in [3.8, 4) is 0 Å². The number of aromatic nitrogens is 2. The number of aliphatic hydroxyl groups is 1. The zero-order valence-corrected chi connectivity index (χ0v) is 12.7. The van der Waals surface area contributed by atoms with Crippen LogP contribution in [-0.2, 0) is 0 Å². The van der Waals surface area contributed by atoms with Crippen LogP contribution in [0.2, 0.25) is 10.4 Å². The third kappa shape index (κ3) is 4.31. The Labute approximate surface area is 128 Å². The van der Waals surface area contributed by atoms with Crippen LogP contribution in [0.4, 0.5) is 5.82 Å². The van der Waals surface area contributed by atoms with E-state index >= 15 is 0 Å². The van der Waals surface area contributed by atoms with Crippen LogP contribution in [0, 0.1) is 0 Å². The van der Waals surface area contributed by atoms with Crippen LogP contribution in [0.15, 0.2) is 34.8 Å². The molecule has 2 rings (SSSR count). The molecule has 0 spiro atoms. The molecule has 7 heteroatoms. The van der Waals surface area contributed by atoms with E-state index in [4.69, 9.17) is 23.2 Å². The Balaban J connectivity index is 1.99. The molecule has 100 valence electrons. The Morgan fingerprint density at radius 2 is 1.89 bits per heavy atom. The SMILES string of the molecule is OC(CNc1cc(Cl)nc(Cl)n1)c1ccc(Br)cc1. The number of hydrogen-bond acceptors (Lipinski definition) is 4. The highest BCUT2D eigenvalue weighted by Crippen LogP contribution is 2.19. The highest BCUT2D eigenvalue weighted by Gasteiger charge is 2.08. The van der Waals surface area contributed by atoms with Gasteiger partial charge in [-0.15, -0.1) is 0 Å². The molecule has 1 aromatic heterocycles. The number of anilines is 1. The second-order valence-corrected chi connectivity index (χ2v) is 5.43. The number of halogens is 3. The van der Waals surface area contributed by atoms with Crippen LogP contribution in [0.1, 0.15) is 11.7 Å². The van der Waals surface area contributed by atoms with Gasteiger partial charge >= 0.3 is 0 Å². The van der Waals surface area contributed by atoms with Gasteiger partial charge in [-0.05, 0) is 29.3 Å². The Bertz CT molecular complexity index is 545. The lowest BCUT2D eigenvalue weighted by Gasteiger charge is -2.13. The molecule has 2 aromatic rings. The molecule has 0 saturated heterocycles. The Morgan fingerprint density at radius 1 is 1.21 bits per heavy atom. The summed E-state index contributed by atoms with van der Waals surface area (Å²) in [5, 5.41) is 13.3. The van der Waals surface area contributed by atoms with Crippen LogP contribution >= 0.6 is 39.1 Å². The van der Waals surface area contributed by atoms with Gasteiger partial charge in [0.1, 0.15) is 11.0 Å². The summed E-state index contributed by atoms with van der Waals surface area (Å²) in [6, 6.07) is 8.97. The highest BCUT2D eigenvalue weighted by atomic mass is 79.9. The van der Waals surface area contributed by atoms with Gasteiger partial charge in [-0.1, -0.05) is 39.7 Å². The molecule has 0 aliphatic heterocycles. The fraction of sp³-hybridized carbons (Fsp3) is 0.167. The first kappa shape index (κ1) is 14.5. The van der Waals surface area contributed by atoms with Gasteiger partial charge in [-0.3, -0.25) is 0 Å². The first-order valence-corrected chi connectivity index (χ1v) is 6.97. The molecule has 0 radical (unpaired) electrons. The van der Waals surface area contributed by atoms with Crippen molar-refractivity contribution < 1.29 is 5.11 Å². The normalized spacial score (nSPS) is 12.2. The maximum atomic E-state index is 10.0. The molecule has 19 heavy (non-hydrogen) atoms. The predicted octanol–water partition coefficient (Wildman–Crippen LogP) is 3.69. The topological polar surface area (TPSA) is 58.0 Å². The molecule has 0 aliphatic carbocycles. The Hall–Kier alpha value is -0.880. The van der Waals surface area contributed by atoms with Crippen molar-refractivity contribution in [2.24, 2.45) is 0 Å². The molecule has 2 N–H and O–H groups in total. The van der Waals surface area contributed by atoms with E-state index in [-0.39, 0.29) is 10.4 Å². The number of nitrogens with one attached hydrogen (secondary N) is 1. The first-order chi connectivity index (χ1) is 9.04. The lowest BCUT2D eigenvalue weighted by atomic mass is 10.1. The van der Waals surface area contributed by atoms with E-state index < -0.39 is 6.10 Å². The summed E-state index contributed by atoms with van der Waals surface area (Å²) in [4.78, 5) is 7.70. The fourth-order valence-corrected chi connectivity index (χ4v) is 2.16. The van der Waals surface area contributed by atoms with Crippen LogP contribution in [0.5, 0.6) is 0 Å². The molecule has 0 bridgehead atoms. The highest BCUT2D eigenvalue weighted by molar-refractivity contribution is 9.10. The van der Waals surface area contributed by atoms with Gasteiger partial charge in [0.05, 0.1) is 6.10 Å². The molecule has 0 fully saturated rings. The third-order valence-corrected chi connectivity index (χ3v) is 3.29. The zero-order valence-electron chi connectivity index (χ0n) is 9.65. The minimum atomic E-state index is -0.652. The van der Waals surface area contributed by atoms with Crippen LogP contribution in [0.3, 0.4) is 0 Å². The van der Waals surface area contributed by atoms with E-state index in [1.165, 1.54) is 0 Å². The van der Waals surface area contributed by atoms with Gasteiger partial charge < -0.3 is 10.4 Å². The summed E-state index contributed by atoms with van der Waals surface area (Å²) >= 11 is 14.8. The quantitative estimate of drug-likeness (QED) is 0.643. The lowest BCUT2D eigenvalue weighted by Crippen LogP contribution is -2.13. The second-order valence-electron chi connectivity index (χ2n) is 3.79. The molecule has 0 saturated carbocycles. The fourth-order valence-electron chi connectivity index (χ4n) is 1.48.